The molecule has 4 aromatic rings. The predicted octanol–water partition coefficient (Wildman–Crippen LogP) is 5.52. The van der Waals surface area contributed by atoms with Crippen LogP contribution in [0.2, 0.25) is 0 Å². The van der Waals surface area contributed by atoms with Crippen molar-refractivity contribution in [3.8, 4) is 28.3 Å². The van der Waals surface area contributed by atoms with E-state index in [9.17, 15) is 0 Å². The zero-order valence-electron chi connectivity index (χ0n) is 15.0. The summed E-state index contributed by atoms with van der Waals surface area (Å²) in [7, 11) is 3.53. The molecular weight excluding hydrogens is 324 g/mol. The van der Waals surface area contributed by atoms with Gasteiger partial charge in [-0.2, -0.15) is 0 Å². The van der Waals surface area contributed by atoms with E-state index >= 15 is 0 Å². The first-order chi connectivity index (χ1) is 12.7. The van der Waals surface area contributed by atoms with Gasteiger partial charge in [-0.3, -0.25) is 0 Å². The van der Waals surface area contributed by atoms with Crippen LogP contribution in [-0.4, -0.2) is 19.1 Å². The lowest BCUT2D eigenvalue weighted by Gasteiger charge is -2.07. The molecule has 0 amide bonds. The summed E-state index contributed by atoms with van der Waals surface area (Å²) in [6, 6.07) is 20.4. The minimum Gasteiger partial charge on any atom is -0.496 e. The molecule has 0 aliphatic rings. The number of ether oxygens (including phenoxy) is 1. The molecule has 4 heteroatoms. The molecule has 3 aromatic carbocycles. The average Bonchev–Trinajstić information content (AvgIpc) is 3.11. The number of fused-ring (bicyclic) bond motifs is 1. The van der Waals surface area contributed by atoms with Gasteiger partial charge in [-0.1, -0.05) is 35.9 Å². The fourth-order valence-corrected chi connectivity index (χ4v) is 3.00. The molecule has 4 nitrogen and oxygen atoms in total. The number of aromatic nitrogens is 1. The molecule has 1 N–H and O–H groups in total. The summed E-state index contributed by atoms with van der Waals surface area (Å²) in [5.41, 5.74) is 6.92. The van der Waals surface area contributed by atoms with Crippen LogP contribution in [0.1, 0.15) is 5.56 Å². The number of nitrogens with one attached hydrogen (secondary N) is 1. The summed E-state index contributed by atoms with van der Waals surface area (Å²) >= 11 is 0. The van der Waals surface area contributed by atoms with Crippen LogP contribution < -0.4 is 10.1 Å². The first-order valence-corrected chi connectivity index (χ1v) is 8.52. The van der Waals surface area contributed by atoms with Crippen LogP contribution in [0.25, 0.3) is 33.7 Å². The highest BCUT2D eigenvalue weighted by molar-refractivity contribution is 5.83. The van der Waals surface area contributed by atoms with Crippen molar-refractivity contribution >= 4 is 16.8 Å². The molecule has 1 aromatic heterocycles. The molecule has 0 unspecified atom stereocenters. The third-order valence-corrected chi connectivity index (χ3v) is 4.49. The standard InChI is InChI=1S/C22H20N2O2/c1-14-4-6-15(7-5-14)16-8-10-21-19(12-16)24-22(26-21)18-13-17(23-2)9-11-20(18)25-3/h4-13,23H,1-3H3. The van der Waals surface area contributed by atoms with Gasteiger partial charge in [0, 0.05) is 12.7 Å². The molecule has 0 spiro atoms. The Hall–Kier alpha value is -3.27. The summed E-state index contributed by atoms with van der Waals surface area (Å²) in [5, 5.41) is 3.13. The Labute approximate surface area is 152 Å². The zero-order valence-corrected chi connectivity index (χ0v) is 15.0. The molecule has 130 valence electrons. The molecule has 0 bridgehead atoms. The van der Waals surface area contributed by atoms with E-state index in [4.69, 9.17) is 14.1 Å². The van der Waals surface area contributed by atoms with Crippen molar-refractivity contribution in [2.75, 3.05) is 19.5 Å². The molecule has 4 rings (SSSR count). The van der Waals surface area contributed by atoms with Crippen molar-refractivity contribution in [3.05, 3.63) is 66.2 Å². The number of oxazole rings is 1. The van der Waals surface area contributed by atoms with E-state index in [0.717, 1.165) is 39.2 Å². The molecule has 0 saturated heterocycles. The highest BCUT2D eigenvalue weighted by Crippen LogP contribution is 2.35. The van der Waals surface area contributed by atoms with E-state index in [2.05, 4.69) is 48.6 Å². The normalized spacial score (nSPS) is 10.9. The quantitative estimate of drug-likeness (QED) is 0.529. The maximum absolute atomic E-state index is 5.99. The Bertz CT molecular complexity index is 1070. The topological polar surface area (TPSA) is 47.3 Å². The number of rotatable bonds is 4. The van der Waals surface area contributed by atoms with E-state index < -0.39 is 0 Å². The number of hydrogen-bond acceptors (Lipinski definition) is 4. The monoisotopic (exact) mass is 344 g/mol. The molecule has 0 fully saturated rings. The van der Waals surface area contributed by atoms with Gasteiger partial charge in [0.2, 0.25) is 5.89 Å². The lowest BCUT2D eigenvalue weighted by molar-refractivity contribution is 0.415. The number of hydrogen-bond donors (Lipinski definition) is 1. The van der Waals surface area contributed by atoms with Crippen molar-refractivity contribution in [2.24, 2.45) is 0 Å². The molecule has 0 saturated carbocycles. The lowest BCUT2D eigenvalue weighted by atomic mass is 10.0. The second-order valence-corrected chi connectivity index (χ2v) is 6.23. The Balaban J connectivity index is 1.80. The van der Waals surface area contributed by atoms with Gasteiger partial charge in [0.1, 0.15) is 11.3 Å². The van der Waals surface area contributed by atoms with E-state index in [1.54, 1.807) is 7.11 Å². The van der Waals surface area contributed by atoms with E-state index in [1.807, 2.05) is 31.3 Å². The van der Waals surface area contributed by atoms with Crippen LogP contribution in [0.4, 0.5) is 5.69 Å². The van der Waals surface area contributed by atoms with Gasteiger partial charge in [-0.25, -0.2) is 4.98 Å². The SMILES string of the molecule is CNc1ccc(OC)c(-c2nc3cc(-c4ccc(C)cc4)ccc3o2)c1. The van der Waals surface area contributed by atoms with Crippen molar-refractivity contribution in [1.29, 1.82) is 0 Å². The van der Waals surface area contributed by atoms with Gasteiger partial charge in [0.25, 0.3) is 0 Å². The summed E-state index contributed by atoms with van der Waals surface area (Å²) < 4.78 is 11.5. The van der Waals surface area contributed by atoms with Crippen LogP contribution in [0, 0.1) is 6.92 Å². The predicted molar refractivity (Wildman–Crippen MR) is 106 cm³/mol. The minimum absolute atomic E-state index is 0.551. The fourth-order valence-electron chi connectivity index (χ4n) is 3.00. The van der Waals surface area contributed by atoms with Gasteiger partial charge < -0.3 is 14.5 Å². The van der Waals surface area contributed by atoms with Gasteiger partial charge in [-0.05, 0) is 48.4 Å². The highest BCUT2D eigenvalue weighted by Gasteiger charge is 2.14. The maximum atomic E-state index is 5.99. The van der Waals surface area contributed by atoms with E-state index in [-0.39, 0.29) is 0 Å². The Morgan fingerprint density at radius 1 is 0.923 bits per heavy atom. The smallest absolute Gasteiger partial charge is 0.231 e. The van der Waals surface area contributed by atoms with Gasteiger partial charge in [0.05, 0.1) is 12.7 Å². The Morgan fingerprint density at radius 3 is 2.42 bits per heavy atom. The Kier molecular flexibility index (Phi) is 4.09. The van der Waals surface area contributed by atoms with Gasteiger partial charge in [-0.15, -0.1) is 0 Å². The van der Waals surface area contributed by atoms with E-state index in [1.165, 1.54) is 5.56 Å². The van der Waals surface area contributed by atoms with Crippen molar-refractivity contribution in [3.63, 3.8) is 0 Å². The van der Waals surface area contributed by atoms with E-state index in [0.29, 0.717) is 5.89 Å². The summed E-state index contributed by atoms with van der Waals surface area (Å²) in [6.45, 7) is 2.09. The molecular formula is C22H20N2O2. The molecule has 0 atom stereocenters. The molecule has 0 aliphatic carbocycles. The summed E-state index contributed by atoms with van der Waals surface area (Å²) in [4.78, 5) is 4.70. The second kappa shape index (κ2) is 6.56. The van der Waals surface area contributed by atoms with Crippen molar-refractivity contribution in [2.45, 2.75) is 6.92 Å². The van der Waals surface area contributed by atoms with Crippen molar-refractivity contribution in [1.82, 2.24) is 4.98 Å². The first kappa shape index (κ1) is 16.2. The number of aryl methyl sites for hydroxylation is 1. The van der Waals surface area contributed by atoms with Crippen LogP contribution >= 0.6 is 0 Å². The van der Waals surface area contributed by atoms with Crippen molar-refractivity contribution < 1.29 is 9.15 Å². The van der Waals surface area contributed by atoms with Crippen LogP contribution in [0.3, 0.4) is 0 Å². The first-order valence-electron chi connectivity index (χ1n) is 8.52. The van der Waals surface area contributed by atoms with Crippen LogP contribution in [0.5, 0.6) is 5.75 Å². The largest absolute Gasteiger partial charge is 0.496 e. The number of anilines is 1. The molecule has 0 aliphatic heterocycles. The number of benzene rings is 3. The van der Waals surface area contributed by atoms with Crippen LogP contribution in [-0.2, 0) is 0 Å². The molecule has 1 heterocycles. The third kappa shape index (κ3) is 2.90. The highest BCUT2D eigenvalue weighted by atomic mass is 16.5. The maximum Gasteiger partial charge on any atom is 0.231 e. The lowest BCUT2D eigenvalue weighted by Crippen LogP contribution is -1.92. The van der Waals surface area contributed by atoms with Gasteiger partial charge in [0.15, 0.2) is 5.58 Å². The summed E-state index contributed by atoms with van der Waals surface area (Å²) in [6.07, 6.45) is 0. The van der Waals surface area contributed by atoms with Crippen LogP contribution in [0.15, 0.2) is 65.1 Å². The molecule has 26 heavy (non-hydrogen) atoms. The zero-order chi connectivity index (χ0) is 18.1. The number of methoxy groups -OCH3 is 1. The Morgan fingerprint density at radius 2 is 1.69 bits per heavy atom. The minimum atomic E-state index is 0.551. The average molecular weight is 344 g/mol. The second-order valence-electron chi connectivity index (χ2n) is 6.23. The fraction of sp³-hybridized carbons (Fsp3) is 0.136. The molecule has 0 radical (unpaired) electrons. The van der Waals surface area contributed by atoms with Gasteiger partial charge >= 0.3 is 0 Å². The number of nitrogens with zero attached hydrogens (tertiary/aromatic N) is 1. The summed E-state index contributed by atoms with van der Waals surface area (Å²) in [5.74, 6) is 1.28. The third-order valence-electron chi connectivity index (χ3n) is 4.49.